The number of rotatable bonds is 8. The molecule has 1 N–H and O–H groups in total. The zero-order chi connectivity index (χ0) is 14.9. The summed E-state index contributed by atoms with van der Waals surface area (Å²) in [5.41, 5.74) is 1.31. The normalized spacial score (nSPS) is 12.1. The Labute approximate surface area is 131 Å². The Hall–Kier alpha value is -1.45. The number of hydrogen-bond donors (Lipinski definition) is 1. The summed E-state index contributed by atoms with van der Waals surface area (Å²) in [5.74, 6) is 1.90. The standard InChI is InChI=1S/C18H23NOS/c1-3-18(19-2)15-9-11-16(12-10-15)20-13-14-21-17-7-5-4-6-8-17/h4-12,18-19H,3,13-14H2,1-2H3. The van der Waals surface area contributed by atoms with E-state index in [4.69, 9.17) is 4.74 Å². The first-order valence-electron chi connectivity index (χ1n) is 7.41. The van der Waals surface area contributed by atoms with Gasteiger partial charge >= 0.3 is 0 Å². The van der Waals surface area contributed by atoms with E-state index in [1.807, 2.05) is 24.9 Å². The smallest absolute Gasteiger partial charge is 0.119 e. The van der Waals surface area contributed by atoms with E-state index in [1.165, 1.54) is 10.5 Å². The monoisotopic (exact) mass is 301 g/mol. The fourth-order valence-electron chi connectivity index (χ4n) is 2.24. The SMILES string of the molecule is CCC(NC)c1ccc(OCCSc2ccccc2)cc1. The number of ether oxygens (including phenoxy) is 1. The molecule has 1 atom stereocenters. The number of thioether (sulfide) groups is 1. The number of hydrogen-bond acceptors (Lipinski definition) is 3. The highest BCUT2D eigenvalue weighted by Crippen LogP contribution is 2.21. The van der Waals surface area contributed by atoms with E-state index in [1.54, 1.807) is 0 Å². The minimum Gasteiger partial charge on any atom is -0.493 e. The van der Waals surface area contributed by atoms with Crippen molar-refractivity contribution in [2.24, 2.45) is 0 Å². The molecule has 2 aromatic carbocycles. The van der Waals surface area contributed by atoms with Gasteiger partial charge in [0, 0.05) is 16.7 Å². The maximum Gasteiger partial charge on any atom is 0.119 e. The van der Waals surface area contributed by atoms with Crippen LogP contribution in [0.4, 0.5) is 0 Å². The van der Waals surface area contributed by atoms with Crippen LogP contribution in [0, 0.1) is 0 Å². The topological polar surface area (TPSA) is 21.3 Å². The molecular weight excluding hydrogens is 278 g/mol. The van der Waals surface area contributed by atoms with E-state index in [9.17, 15) is 0 Å². The lowest BCUT2D eigenvalue weighted by Gasteiger charge is -2.14. The minimum atomic E-state index is 0.424. The van der Waals surface area contributed by atoms with E-state index < -0.39 is 0 Å². The Morgan fingerprint density at radius 3 is 2.38 bits per heavy atom. The fourth-order valence-corrected chi connectivity index (χ4v) is 2.99. The largest absolute Gasteiger partial charge is 0.493 e. The van der Waals surface area contributed by atoms with Crippen molar-refractivity contribution in [1.82, 2.24) is 5.32 Å². The van der Waals surface area contributed by atoms with E-state index in [0.29, 0.717) is 6.04 Å². The number of nitrogens with one attached hydrogen (secondary N) is 1. The lowest BCUT2D eigenvalue weighted by atomic mass is 10.1. The van der Waals surface area contributed by atoms with Crippen LogP contribution in [0.5, 0.6) is 5.75 Å². The van der Waals surface area contributed by atoms with Gasteiger partial charge < -0.3 is 10.1 Å². The van der Waals surface area contributed by atoms with Crippen LogP contribution in [0.2, 0.25) is 0 Å². The van der Waals surface area contributed by atoms with Gasteiger partial charge in [-0.05, 0) is 43.3 Å². The summed E-state index contributed by atoms with van der Waals surface area (Å²) < 4.78 is 5.79. The van der Waals surface area contributed by atoms with E-state index in [-0.39, 0.29) is 0 Å². The second kappa shape index (κ2) is 8.75. The quantitative estimate of drug-likeness (QED) is 0.572. The highest BCUT2D eigenvalue weighted by Gasteiger charge is 2.05. The summed E-state index contributed by atoms with van der Waals surface area (Å²) in [5, 5.41) is 3.31. The average molecular weight is 301 g/mol. The van der Waals surface area contributed by atoms with Crippen LogP contribution in [0.1, 0.15) is 24.9 Å². The fraction of sp³-hybridized carbons (Fsp3) is 0.333. The summed E-state index contributed by atoms with van der Waals surface area (Å²) >= 11 is 1.82. The first kappa shape index (κ1) is 15.9. The predicted octanol–water partition coefficient (Wildman–Crippen LogP) is 4.53. The van der Waals surface area contributed by atoms with Crippen molar-refractivity contribution in [2.75, 3.05) is 19.4 Å². The van der Waals surface area contributed by atoms with Gasteiger partial charge in [0.05, 0.1) is 6.61 Å². The van der Waals surface area contributed by atoms with Crippen molar-refractivity contribution >= 4 is 11.8 Å². The Bertz CT molecular complexity index is 509. The van der Waals surface area contributed by atoms with Crippen LogP contribution >= 0.6 is 11.8 Å². The van der Waals surface area contributed by atoms with Crippen molar-refractivity contribution in [1.29, 1.82) is 0 Å². The third kappa shape index (κ3) is 5.10. The molecule has 2 aromatic rings. The first-order chi connectivity index (χ1) is 10.3. The third-order valence-electron chi connectivity index (χ3n) is 3.40. The molecule has 0 amide bonds. The Morgan fingerprint density at radius 2 is 1.76 bits per heavy atom. The zero-order valence-corrected chi connectivity index (χ0v) is 13.5. The van der Waals surface area contributed by atoms with Crippen molar-refractivity contribution in [3.63, 3.8) is 0 Å². The lowest BCUT2D eigenvalue weighted by molar-refractivity contribution is 0.343. The maximum atomic E-state index is 5.79. The van der Waals surface area contributed by atoms with Crippen molar-refractivity contribution in [3.8, 4) is 5.75 Å². The van der Waals surface area contributed by atoms with Gasteiger partial charge in [0.25, 0.3) is 0 Å². The van der Waals surface area contributed by atoms with Crippen LogP contribution in [0.25, 0.3) is 0 Å². The van der Waals surface area contributed by atoms with Crippen LogP contribution < -0.4 is 10.1 Å². The van der Waals surface area contributed by atoms with Gasteiger partial charge in [-0.3, -0.25) is 0 Å². The summed E-state index contributed by atoms with van der Waals surface area (Å²) in [6.07, 6.45) is 1.09. The summed E-state index contributed by atoms with van der Waals surface area (Å²) in [6, 6.07) is 19.2. The first-order valence-corrected chi connectivity index (χ1v) is 8.40. The van der Waals surface area contributed by atoms with Crippen LogP contribution in [-0.4, -0.2) is 19.4 Å². The van der Waals surface area contributed by atoms with Gasteiger partial charge in [-0.2, -0.15) is 0 Å². The van der Waals surface area contributed by atoms with Crippen LogP contribution in [0.3, 0.4) is 0 Å². The minimum absolute atomic E-state index is 0.424. The molecule has 0 saturated heterocycles. The van der Waals surface area contributed by atoms with Gasteiger partial charge in [-0.15, -0.1) is 11.8 Å². The number of benzene rings is 2. The molecule has 0 aromatic heterocycles. The highest BCUT2D eigenvalue weighted by atomic mass is 32.2. The molecule has 1 unspecified atom stereocenters. The summed E-state index contributed by atoms with van der Waals surface area (Å²) in [7, 11) is 2.00. The van der Waals surface area contributed by atoms with Crippen LogP contribution in [0.15, 0.2) is 59.5 Å². The molecule has 2 nitrogen and oxygen atoms in total. The molecule has 0 radical (unpaired) electrons. The van der Waals surface area contributed by atoms with Crippen molar-refractivity contribution < 1.29 is 4.74 Å². The van der Waals surface area contributed by atoms with E-state index >= 15 is 0 Å². The Kier molecular flexibility index (Phi) is 6.64. The van der Waals surface area contributed by atoms with E-state index in [2.05, 4.69) is 60.8 Å². The van der Waals surface area contributed by atoms with Gasteiger partial charge in [-0.25, -0.2) is 0 Å². The van der Waals surface area contributed by atoms with Crippen molar-refractivity contribution in [3.05, 3.63) is 60.2 Å². The lowest BCUT2D eigenvalue weighted by Crippen LogP contribution is -2.14. The van der Waals surface area contributed by atoms with E-state index in [0.717, 1.165) is 24.5 Å². The summed E-state index contributed by atoms with van der Waals surface area (Å²) in [4.78, 5) is 1.29. The molecule has 2 rings (SSSR count). The molecule has 21 heavy (non-hydrogen) atoms. The third-order valence-corrected chi connectivity index (χ3v) is 4.38. The van der Waals surface area contributed by atoms with Gasteiger partial charge in [0.15, 0.2) is 0 Å². The van der Waals surface area contributed by atoms with Crippen LogP contribution in [-0.2, 0) is 0 Å². The highest BCUT2D eigenvalue weighted by molar-refractivity contribution is 7.99. The Balaban J connectivity index is 1.76. The maximum absolute atomic E-state index is 5.79. The molecule has 0 saturated carbocycles. The zero-order valence-electron chi connectivity index (χ0n) is 12.7. The van der Waals surface area contributed by atoms with Gasteiger partial charge in [0.2, 0.25) is 0 Å². The second-order valence-corrected chi connectivity index (χ2v) is 6.00. The molecule has 0 aliphatic rings. The average Bonchev–Trinajstić information content (AvgIpc) is 2.55. The second-order valence-electron chi connectivity index (χ2n) is 4.83. The molecule has 0 spiro atoms. The molecule has 0 aliphatic heterocycles. The van der Waals surface area contributed by atoms with Gasteiger partial charge in [-0.1, -0.05) is 37.3 Å². The molecule has 3 heteroatoms. The Morgan fingerprint density at radius 1 is 1.05 bits per heavy atom. The molecule has 0 heterocycles. The van der Waals surface area contributed by atoms with Gasteiger partial charge in [0.1, 0.15) is 5.75 Å². The van der Waals surface area contributed by atoms with Crippen molar-refractivity contribution in [2.45, 2.75) is 24.3 Å². The molecule has 0 fully saturated rings. The molecule has 0 aliphatic carbocycles. The molecule has 112 valence electrons. The molecule has 0 bridgehead atoms. The summed E-state index contributed by atoms with van der Waals surface area (Å²) in [6.45, 7) is 2.91. The molecular formula is C18H23NOS. The predicted molar refractivity (Wildman–Crippen MR) is 91.2 cm³/mol.